The van der Waals surface area contributed by atoms with Crippen LogP contribution in [0.25, 0.3) is 0 Å². The van der Waals surface area contributed by atoms with Crippen LogP contribution in [-0.4, -0.2) is 35.4 Å². The second-order valence-electron chi connectivity index (χ2n) is 4.82. The fraction of sp³-hybridized carbons (Fsp3) is 0.538. The molecule has 0 fully saturated rings. The van der Waals surface area contributed by atoms with Crippen molar-refractivity contribution in [2.75, 3.05) is 13.6 Å². The lowest BCUT2D eigenvalue weighted by Crippen LogP contribution is -2.34. The monoisotopic (exact) mass is 385 g/mol. The van der Waals surface area contributed by atoms with Crippen molar-refractivity contribution in [3.8, 4) is 0 Å². The SMILES string of the molecule is CC(C)C(N)CCN(C)C(=O)c1cncc(Br)c1.Cl.Cl. The molecule has 4 nitrogen and oxygen atoms in total. The minimum Gasteiger partial charge on any atom is -0.342 e. The lowest BCUT2D eigenvalue weighted by Gasteiger charge is -2.21. The molecule has 0 aliphatic carbocycles. The first-order chi connectivity index (χ1) is 8.41. The topological polar surface area (TPSA) is 59.2 Å². The van der Waals surface area contributed by atoms with E-state index in [0.717, 1.165) is 10.9 Å². The molecular formula is C13H22BrCl2N3O. The number of nitrogens with zero attached hydrogens (tertiary/aromatic N) is 2. The average Bonchev–Trinajstić information content (AvgIpc) is 2.34. The molecule has 1 rings (SSSR count). The molecule has 1 unspecified atom stereocenters. The van der Waals surface area contributed by atoms with E-state index in [4.69, 9.17) is 5.73 Å². The summed E-state index contributed by atoms with van der Waals surface area (Å²) in [5.41, 5.74) is 6.56. The van der Waals surface area contributed by atoms with Gasteiger partial charge in [0.15, 0.2) is 0 Å². The number of hydrogen-bond acceptors (Lipinski definition) is 3. The van der Waals surface area contributed by atoms with Gasteiger partial charge in [-0.15, -0.1) is 24.8 Å². The van der Waals surface area contributed by atoms with E-state index in [0.29, 0.717) is 18.0 Å². The van der Waals surface area contributed by atoms with Gasteiger partial charge in [0.2, 0.25) is 0 Å². The summed E-state index contributed by atoms with van der Waals surface area (Å²) in [7, 11) is 1.79. The molecule has 7 heteroatoms. The summed E-state index contributed by atoms with van der Waals surface area (Å²) in [6.07, 6.45) is 4.04. The van der Waals surface area contributed by atoms with Gasteiger partial charge >= 0.3 is 0 Å². The molecule has 0 aliphatic heterocycles. The number of nitrogens with two attached hydrogens (primary N) is 1. The summed E-state index contributed by atoms with van der Waals surface area (Å²) < 4.78 is 0.806. The standard InChI is InChI=1S/C13H20BrN3O.2ClH/c1-9(2)12(15)4-5-17(3)13(18)10-6-11(14)8-16-7-10;;/h6-9,12H,4-5,15H2,1-3H3;2*1H. The van der Waals surface area contributed by atoms with Crippen LogP contribution in [0.3, 0.4) is 0 Å². The van der Waals surface area contributed by atoms with Crippen LogP contribution in [-0.2, 0) is 0 Å². The summed E-state index contributed by atoms with van der Waals surface area (Å²) in [4.78, 5) is 17.8. The van der Waals surface area contributed by atoms with Gasteiger partial charge in [0.05, 0.1) is 5.56 Å². The maximum Gasteiger partial charge on any atom is 0.255 e. The Hall–Kier alpha value is -0.360. The molecule has 0 saturated carbocycles. The molecule has 0 aliphatic rings. The molecule has 0 aromatic carbocycles. The number of carbonyl (C=O) groups excluding carboxylic acids is 1. The van der Waals surface area contributed by atoms with Crippen LogP contribution in [0.2, 0.25) is 0 Å². The van der Waals surface area contributed by atoms with Gasteiger partial charge in [0, 0.05) is 36.5 Å². The smallest absolute Gasteiger partial charge is 0.255 e. The Morgan fingerprint density at radius 1 is 1.40 bits per heavy atom. The second kappa shape index (κ2) is 10.4. The van der Waals surface area contributed by atoms with Gasteiger partial charge in [-0.05, 0) is 34.3 Å². The van der Waals surface area contributed by atoms with Crippen LogP contribution in [0.5, 0.6) is 0 Å². The van der Waals surface area contributed by atoms with Crippen LogP contribution < -0.4 is 5.73 Å². The molecule has 116 valence electrons. The van der Waals surface area contributed by atoms with Crippen molar-refractivity contribution in [1.29, 1.82) is 0 Å². The highest BCUT2D eigenvalue weighted by Crippen LogP contribution is 2.12. The van der Waals surface area contributed by atoms with Gasteiger partial charge in [0.1, 0.15) is 0 Å². The molecule has 0 bridgehead atoms. The quantitative estimate of drug-likeness (QED) is 0.845. The molecule has 20 heavy (non-hydrogen) atoms. The van der Waals surface area contributed by atoms with Crippen molar-refractivity contribution in [1.82, 2.24) is 9.88 Å². The Morgan fingerprint density at radius 3 is 2.50 bits per heavy atom. The average molecular weight is 387 g/mol. The number of amides is 1. The van der Waals surface area contributed by atoms with E-state index in [-0.39, 0.29) is 36.8 Å². The van der Waals surface area contributed by atoms with Crippen molar-refractivity contribution < 1.29 is 4.79 Å². The summed E-state index contributed by atoms with van der Waals surface area (Å²) in [5, 5.41) is 0. The van der Waals surface area contributed by atoms with E-state index in [2.05, 4.69) is 34.8 Å². The zero-order valence-electron chi connectivity index (χ0n) is 11.9. The lowest BCUT2D eigenvalue weighted by atomic mass is 10.0. The second-order valence-corrected chi connectivity index (χ2v) is 5.73. The van der Waals surface area contributed by atoms with Crippen LogP contribution in [0, 0.1) is 5.92 Å². The highest BCUT2D eigenvalue weighted by Gasteiger charge is 2.14. The first-order valence-corrected chi connectivity index (χ1v) is 6.82. The van der Waals surface area contributed by atoms with Crippen LogP contribution in [0.15, 0.2) is 22.9 Å². The van der Waals surface area contributed by atoms with Crippen molar-refractivity contribution >= 4 is 46.7 Å². The molecule has 0 spiro atoms. The summed E-state index contributed by atoms with van der Waals surface area (Å²) in [6, 6.07) is 1.90. The van der Waals surface area contributed by atoms with Crippen molar-refractivity contribution in [3.63, 3.8) is 0 Å². The molecule has 1 aromatic rings. The first kappa shape index (κ1) is 21.9. The number of hydrogen-bond donors (Lipinski definition) is 1. The van der Waals surface area contributed by atoms with Crippen molar-refractivity contribution in [3.05, 3.63) is 28.5 Å². The minimum atomic E-state index is -0.0280. The lowest BCUT2D eigenvalue weighted by molar-refractivity contribution is 0.0788. The molecule has 0 saturated heterocycles. The van der Waals surface area contributed by atoms with Gasteiger partial charge in [0.25, 0.3) is 5.91 Å². The summed E-state index contributed by atoms with van der Waals surface area (Å²) >= 11 is 3.31. The Balaban J connectivity index is 0. The molecular weight excluding hydrogens is 365 g/mol. The van der Waals surface area contributed by atoms with Crippen LogP contribution >= 0.6 is 40.7 Å². The number of rotatable bonds is 5. The summed E-state index contributed by atoms with van der Waals surface area (Å²) in [5.74, 6) is 0.404. The Labute approximate surface area is 141 Å². The third-order valence-corrected chi connectivity index (χ3v) is 3.39. The Morgan fingerprint density at radius 2 is 2.00 bits per heavy atom. The number of pyridine rings is 1. The molecule has 1 atom stereocenters. The maximum atomic E-state index is 12.1. The van der Waals surface area contributed by atoms with Crippen molar-refractivity contribution in [2.45, 2.75) is 26.3 Å². The highest BCUT2D eigenvalue weighted by atomic mass is 79.9. The third-order valence-electron chi connectivity index (χ3n) is 2.95. The highest BCUT2D eigenvalue weighted by molar-refractivity contribution is 9.10. The molecule has 1 amide bonds. The zero-order valence-corrected chi connectivity index (χ0v) is 15.1. The van der Waals surface area contributed by atoms with E-state index in [1.165, 1.54) is 0 Å². The van der Waals surface area contributed by atoms with Gasteiger partial charge in [-0.3, -0.25) is 9.78 Å². The first-order valence-electron chi connectivity index (χ1n) is 6.03. The molecule has 0 radical (unpaired) electrons. The van der Waals surface area contributed by atoms with E-state index in [1.54, 1.807) is 30.4 Å². The summed E-state index contributed by atoms with van der Waals surface area (Å²) in [6.45, 7) is 4.83. The normalized spacial score (nSPS) is 11.3. The van der Waals surface area contributed by atoms with Crippen molar-refractivity contribution in [2.24, 2.45) is 11.7 Å². The van der Waals surface area contributed by atoms with E-state index in [1.807, 2.05) is 0 Å². The van der Waals surface area contributed by atoms with Gasteiger partial charge in [-0.25, -0.2) is 0 Å². The third kappa shape index (κ3) is 6.88. The predicted octanol–water partition coefficient (Wildman–Crippen LogP) is 3.13. The van der Waals surface area contributed by atoms with E-state index in [9.17, 15) is 4.79 Å². The van der Waals surface area contributed by atoms with Gasteiger partial charge in [-0.2, -0.15) is 0 Å². The van der Waals surface area contributed by atoms with Crippen LogP contribution in [0.4, 0.5) is 0 Å². The molecule has 1 heterocycles. The van der Waals surface area contributed by atoms with Gasteiger partial charge < -0.3 is 10.6 Å². The predicted molar refractivity (Wildman–Crippen MR) is 90.8 cm³/mol. The minimum absolute atomic E-state index is 0. The van der Waals surface area contributed by atoms with Gasteiger partial charge in [-0.1, -0.05) is 13.8 Å². The fourth-order valence-electron chi connectivity index (χ4n) is 1.53. The zero-order chi connectivity index (χ0) is 13.7. The Kier molecular flexibility index (Phi) is 11.4. The number of halogens is 3. The van der Waals surface area contributed by atoms with Crippen LogP contribution in [0.1, 0.15) is 30.6 Å². The molecule has 1 aromatic heterocycles. The largest absolute Gasteiger partial charge is 0.342 e. The molecule has 2 N–H and O–H groups in total. The Bertz CT molecular complexity index is 418. The number of aromatic nitrogens is 1. The fourth-order valence-corrected chi connectivity index (χ4v) is 1.89. The van der Waals surface area contributed by atoms with E-state index < -0.39 is 0 Å². The van der Waals surface area contributed by atoms with E-state index >= 15 is 0 Å². The number of carbonyl (C=O) groups is 1. The maximum absolute atomic E-state index is 12.1.